The minimum Gasteiger partial charge on any atom is -0.497 e. The van der Waals surface area contributed by atoms with E-state index < -0.39 is 0 Å². The molecule has 0 amide bonds. The largest absolute Gasteiger partial charge is 0.497 e. The summed E-state index contributed by atoms with van der Waals surface area (Å²) in [7, 11) is 3.33. The summed E-state index contributed by atoms with van der Waals surface area (Å²) in [6.45, 7) is 3.25. The lowest BCUT2D eigenvalue weighted by Gasteiger charge is -2.25. The minimum atomic E-state index is -0.212. The van der Waals surface area contributed by atoms with E-state index >= 15 is 0 Å². The van der Waals surface area contributed by atoms with E-state index in [9.17, 15) is 0 Å². The summed E-state index contributed by atoms with van der Waals surface area (Å²) in [5, 5.41) is 9.02. The summed E-state index contributed by atoms with van der Waals surface area (Å²) in [5.74, 6) is 0.820. The quantitative estimate of drug-likeness (QED) is 0.584. The number of aliphatic hydroxyl groups excluding tert-OH is 1. The van der Waals surface area contributed by atoms with E-state index in [2.05, 4.69) is 19.1 Å². The molecule has 1 aliphatic heterocycles. The molecule has 154 valence electrons. The molecule has 2 rings (SSSR count). The van der Waals surface area contributed by atoms with Gasteiger partial charge in [0.05, 0.1) is 39.1 Å². The van der Waals surface area contributed by atoms with Crippen LogP contribution in [0.5, 0.6) is 5.75 Å². The lowest BCUT2D eigenvalue weighted by atomic mass is 10.0. The van der Waals surface area contributed by atoms with Gasteiger partial charge in [-0.05, 0) is 37.5 Å². The van der Waals surface area contributed by atoms with Crippen LogP contribution in [0.1, 0.15) is 25.3 Å². The first kappa shape index (κ1) is 22.4. The van der Waals surface area contributed by atoms with Crippen LogP contribution in [0.4, 0.5) is 0 Å². The number of hydrogen-bond acceptors (Lipinski definition) is 5. The summed E-state index contributed by atoms with van der Waals surface area (Å²) in [5.41, 5.74) is 2.40. The highest BCUT2D eigenvalue weighted by Crippen LogP contribution is 2.19. The first-order chi connectivity index (χ1) is 13.7. The van der Waals surface area contributed by atoms with Crippen LogP contribution in [-0.4, -0.2) is 50.9 Å². The van der Waals surface area contributed by atoms with E-state index in [4.69, 9.17) is 24.1 Å². The Balaban J connectivity index is 2.00. The van der Waals surface area contributed by atoms with Gasteiger partial charge in [0.15, 0.2) is 0 Å². The molecule has 3 atom stereocenters. The van der Waals surface area contributed by atoms with Crippen molar-refractivity contribution in [2.75, 3.05) is 27.4 Å². The first-order valence-corrected chi connectivity index (χ1v) is 9.65. The molecule has 1 aromatic rings. The Bertz CT molecular complexity index is 647. The van der Waals surface area contributed by atoms with E-state index in [1.807, 2.05) is 36.4 Å². The molecule has 28 heavy (non-hydrogen) atoms. The molecule has 1 heterocycles. The van der Waals surface area contributed by atoms with Gasteiger partial charge >= 0.3 is 0 Å². The topological polar surface area (TPSA) is 57.2 Å². The van der Waals surface area contributed by atoms with E-state index in [0.717, 1.165) is 17.7 Å². The summed E-state index contributed by atoms with van der Waals surface area (Å²) >= 11 is 0. The normalized spacial score (nSPS) is 19.7. The van der Waals surface area contributed by atoms with Gasteiger partial charge < -0.3 is 24.1 Å². The van der Waals surface area contributed by atoms with Gasteiger partial charge in [-0.2, -0.15) is 0 Å². The van der Waals surface area contributed by atoms with Crippen LogP contribution in [0.3, 0.4) is 0 Å². The number of hydrogen-bond donors (Lipinski definition) is 1. The number of rotatable bonds is 11. The molecule has 1 aromatic carbocycles. The van der Waals surface area contributed by atoms with Crippen LogP contribution >= 0.6 is 0 Å². The fourth-order valence-electron chi connectivity index (χ4n) is 3.01. The van der Waals surface area contributed by atoms with Gasteiger partial charge in [0.1, 0.15) is 11.9 Å². The van der Waals surface area contributed by atoms with Crippen LogP contribution in [0.2, 0.25) is 0 Å². The van der Waals surface area contributed by atoms with E-state index in [1.54, 1.807) is 20.3 Å². The van der Waals surface area contributed by atoms with E-state index in [0.29, 0.717) is 19.6 Å². The average molecular weight is 389 g/mol. The molecule has 0 fully saturated rings. The smallest absolute Gasteiger partial charge is 0.118 e. The number of methoxy groups -OCH3 is 2. The Labute approximate surface area is 168 Å². The molecule has 0 aromatic heterocycles. The van der Waals surface area contributed by atoms with E-state index in [-0.39, 0.29) is 24.9 Å². The minimum absolute atomic E-state index is 0.0141. The van der Waals surface area contributed by atoms with Crippen LogP contribution in [0, 0.1) is 0 Å². The van der Waals surface area contributed by atoms with E-state index in [1.165, 1.54) is 5.57 Å². The van der Waals surface area contributed by atoms with Gasteiger partial charge in [-0.1, -0.05) is 48.1 Å². The molecule has 0 bridgehead atoms. The molecule has 0 saturated heterocycles. The first-order valence-electron chi connectivity index (χ1n) is 9.65. The summed E-state index contributed by atoms with van der Waals surface area (Å²) < 4.78 is 22.8. The molecule has 0 spiro atoms. The Morgan fingerprint density at radius 2 is 2.00 bits per heavy atom. The third-order valence-electron chi connectivity index (χ3n) is 4.68. The number of aliphatic hydroxyl groups is 1. The van der Waals surface area contributed by atoms with Gasteiger partial charge in [-0.3, -0.25) is 0 Å². The third-order valence-corrected chi connectivity index (χ3v) is 4.68. The molecule has 0 radical (unpaired) electrons. The second kappa shape index (κ2) is 12.5. The fourth-order valence-corrected chi connectivity index (χ4v) is 3.01. The molecular weight excluding hydrogens is 356 g/mol. The van der Waals surface area contributed by atoms with Crippen molar-refractivity contribution >= 4 is 0 Å². The van der Waals surface area contributed by atoms with Crippen LogP contribution in [0.15, 0.2) is 60.2 Å². The van der Waals surface area contributed by atoms with Gasteiger partial charge in [-0.25, -0.2) is 0 Å². The van der Waals surface area contributed by atoms with Crippen molar-refractivity contribution in [3.8, 4) is 5.75 Å². The summed E-state index contributed by atoms with van der Waals surface area (Å²) in [4.78, 5) is 0. The van der Waals surface area contributed by atoms with Gasteiger partial charge in [0.25, 0.3) is 0 Å². The van der Waals surface area contributed by atoms with Crippen LogP contribution < -0.4 is 4.74 Å². The van der Waals surface area contributed by atoms with Crippen LogP contribution in [0.25, 0.3) is 0 Å². The Morgan fingerprint density at radius 3 is 2.64 bits per heavy atom. The highest BCUT2D eigenvalue weighted by molar-refractivity contribution is 5.26. The zero-order valence-electron chi connectivity index (χ0n) is 17.0. The van der Waals surface area contributed by atoms with Crippen molar-refractivity contribution in [1.82, 2.24) is 0 Å². The zero-order chi connectivity index (χ0) is 20.2. The predicted octanol–water partition coefficient (Wildman–Crippen LogP) is 3.83. The second-order valence-electron chi connectivity index (χ2n) is 6.80. The number of ether oxygens (including phenoxy) is 4. The van der Waals surface area contributed by atoms with Crippen molar-refractivity contribution in [3.05, 3.63) is 65.8 Å². The standard InChI is InChI=1S/C23H32O5/c1-18-13-15-27-21(16-18)11-12-22(26-3)23(6-4-5-14-24)28-17-19-7-9-20(25-2)10-8-19/h4-5,7-13,21-24H,6,14-17H2,1-3H3/b5-4+,12-11+/t21-,22?,23+/m1/s1. The Hall–Kier alpha value is -1.92. The SMILES string of the molecule is COc1ccc(CO[C@@H](C/C=C/CO)C(/C=C/[C@@H]2CC(C)=CCO2)OC)cc1. The highest BCUT2D eigenvalue weighted by Gasteiger charge is 2.20. The average Bonchev–Trinajstić information content (AvgIpc) is 2.72. The summed E-state index contributed by atoms with van der Waals surface area (Å²) in [6.07, 6.45) is 11.1. The maximum absolute atomic E-state index is 9.02. The molecule has 0 saturated carbocycles. The zero-order valence-corrected chi connectivity index (χ0v) is 17.0. The monoisotopic (exact) mass is 388 g/mol. The van der Waals surface area contributed by atoms with Crippen molar-refractivity contribution in [3.63, 3.8) is 0 Å². The molecule has 1 N–H and O–H groups in total. The highest BCUT2D eigenvalue weighted by atomic mass is 16.5. The summed E-state index contributed by atoms with van der Waals surface area (Å²) in [6, 6.07) is 7.82. The molecule has 1 unspecified atom stereocenters. The van der Waals surface area contributed by atoms with Gasteiger partial charge in [0, 0.05) is 7.11 Å². The van der Waals surface area contributed by atoms with Crippen molar-refractivity contribution in [1.29, 1.82) is 0 Å². The molecule has 1 aliphatic rings. The fraction of sp³-hybridized carbons (Fsp3) is 0.478. The maximum Gasteiger partial charge on any atom is 0.118 e. The molecule has 5 heteroatoms. The predicted molar refractivity (Wildman–Crippen MR) is 110 cm³/mol. The maximum atomic E-state index is 9.02. The van der Waals surface area contributed by atoms with Crippen molar-refractivity contribution in [2.24, 2.45) is 0 Å². The van der Waals surface area contributed by atoms with Crippen LogP contribution in [-0.2, 0) is 20.8 Å². The molecule has 0 aliphatic carbocycles. The Kier molecular flexibility index (Phi) is 10.0. The number of benzene rings is 1. The second-order valence-corrected chi connectivity index (χ2v) is 6.80. The lowest BCUT2D eigenvalue weighted by molar-refractivity contribution is -0.0420. The molecule has 5 nitrogen and oxygen atoms in total. The van der Waals surface area contributed by atoms with Gasteiger partial charge in [0.2, 0.25) is 0 Å². The van der Waals surface area contributed by atoms with Gasteiger partial charge in [-0.15, -0.1) is 0 Å². The molecular formula is C23H32O5. The van der Waals surface area contributed by atoms with Crippen molar-refractivity contribution in [2.45, 2.75) is 44.7 Å². The van der Waals surface area contributed by atoms with Crippen molar-refractivity contribution < 1.29 is 24.1 Å². The third kappa shape index (κ3) is 7.60. The lowest BCUT2D eigenvalue weighted by Crippen LogP contribution is -2.29. The Morgan fingerprint density at radius 1 is 1.21 bits per heavy atom.